The molecule has 0 aliphatic carbocycles. The molecule has 0 atom stereocenters. The maximum Gasteiger partial charge on any atom is 0.192 e. The summed E-state index contributed by atoms with van der Waals surface area (Å²) >= 11 is 0. The first-order valence-corrected chi connectivity index (χ1v) is 7.92. The van der Waals surface area contributed by atoms with Crippen LogP contribution in [0, 0.1) is 0 Å². The predicted molar refractivity (Wildman–Crippen MR) is 77.7 cm³/mol. The minimum Gasteiger partial charge on any atom is -0.496 e. The van der Waals surface area contributed by atoms with Crippen molar-refractivity contribution in [3.63, 3.8) is 0 Å². The summed E-state index contributed by atoms with van der Waals surface area (Å²) in [6.45, 7) is 0.573. The molecule has 2 rings (SSSR count). The van der Waals surface area contributed by atoms with Crippen molar-refractivity contribution in [2.75, 3.05) is 18.7 Å². The van der Waals surface area contributed by atoms with Crippen molar-refractivity contribution in [3.8, 4) is 5.75 Å². The monoisotopic (exact) mass is 292 g/mol. The van der Waals surface area contributed by atoms with Crippen LogP contribution >= 0.6 is 0 Å². The van der Waals surface area contributed by atoms with Crippen molar-refractivity contribution in [1.29, 1.82) is 0 Å². The number of nitrogens with zero attached hydrogens (tertiary/aromatic N) is 1. The molecule has 0 fully saturated rings. The molecule has 0 aliphatic rings. The highest BCUT2D eigenvalue weighted by Gasteiger charge is 2.08. The molecule has 0 radical (unpaired) electrons. The fourth-order valence-electron chi connectivity index (χ4n) is 1.75. The number of rotatable bonds is 5. The van der Waals surface area contributed by atoms with Crippen molar-refractivity contribution >= 4 is 15.5 Å². The van der Waals surface area contributed by atoms with Gasteiger partial charge in [0.15, 0.2) is 14.9 Å². The quantitative estimate of drug-likeness (QED) is 0.914. The maximum atomic E-state index is 11.3. The van der Waals surface area contributed by atoms with E-state index in [-0.39, 0.29) is 5.03 Å². The maximum absolute atomic E-state index is 11.3. The molecule has 1 N–H and O–H groups in total. The summed E-state index contributed by atoms with van der Waals surface area (Å²) in [6, 6.07) is 10.9. The molecule has 0 saturated carbocycles. The molecule has 2 aromatic rings. The second kappa shape index (κ2) is 5.92. The highest BCUT2D eigenvalue weighted by Crippen LogP contribution is 2.19. The summed E-state index contributed by atoms with van der Waals surface area (Å²) in [5, 5.41) is 3.25. The lowest BCUT2D eigenvalue weighted by atomic mass is 10.2. The van der Waals surface area contributed by atoms with Crippen molar-refractivity contribution in [2.45, 2.75) is 11.6 Å². The zero-order valence-corrected chi connectivity index (χ0v) is 12.1. The molecule has 1 aromatic carbocycles. The standard InChI is InChI=1S/C14H16N2O3S/c1-19-13-6-4-3-5-11(13)9-15-12-7-8-14(16-10-12)20(2,17)18/h3-8,10,15H,9H2,1-2H3. The summed E-state index contributed by atoms with van der Waals surface area (Å²) in [7, 11) is -1.63. The SMILES string of the molecule is COc1ccccc1CNc1ccc(S(C)(=O)=O)nc1. The molecule has 106 valence electrons. The minimum absolute atomic E-state index is 0.0698. The van der Waals surface area contributed by atoms with Gasteiger partial charge in [-0.15, -0.1) is 0 Å². The molecule has 0 unspecified atom stereocenters. The Morgan fingerprint density at radius 2 is 1.95 bits per heavy atom. The van der Waals surface area contributed by atoms with E-state index in [2.05, 4.69) is 10.3 Å². The van der Waals surface area contributed by atoms with Crippen LogP contribution in [0.4, 0.5) is 5.69 Å². The third-order valence-electron chi connectivity index (χ3n) is 2.79. The van der Waals surface area contributed by atoms with Crippen LogP contribution in [0.15, 0.2) is 47.6 Å². The predicted octanol–water partition coefficient (Wildman–Crippen LogP) is 2.11. The number of sulfone groups is 1. The zero-order chi connectivity index (χ0) is 14.6. The first-order chi connectivity index (χ1) is 9.50. The molecular formula is C14H16N2O3S. The van der Waals surface area contributed by atoms with Crippen LogP contribution in [-0.2, 0) is 16.4 Å². The number of benzene rings is 1. The summed E-state index contributed by atoms with van der Waals surface area (Å²) in [5.41, 5.74) is 1.77. The number of ether oxygens (including phenoxy) is 1. The molecule has 0 spiro atoms. The van der Waals surface area contributed by atoms with Gasteiger partial charge in [-0.25, -0.2) is 13.4 Å². The van der Waals surface area contributed by atoms with Gasteiger partial charge in [0, 0.05) is 18.4 Å². The van der Waals surface area contributed by atoms with Crippen LogP contribution in [0.25, 0.3) is 0 Å². The first-order valence-electron chi connectivity index (χ1n) is 6.02. The van der Waals surface area contributed by atoms with Crippen molar-refractivity contribution in [1.82, 2.24) is 4.98 Å². The van der Waals surface area contributed by atoms with Gasteiger partial charge in [0.25, 0.3) is 0 Å². The van der Waals surface area contributed by atoms with E-state index in [1.54, 1.807) is 13.2 Å². The highest BCUT2D eigenvalue weighted by atomic mass is 32.2. The van der Waals surface area contributed by atoms with Crippen LogP contribution in [0.3, 0.4) is 0 Å². The van der Waals surface area contributed by atoms with Crippen molar-refractivity contribution in [2.24, 2.45) is 0 Å². The van der Waals surface area contributed by atoms with E-state index in [1.807, 2.05) is 24.3 Å². The van der Waals surface area contributed by atoms with Gasteiger partial charge < -0.3 is 10.1 Å². The van der Waals surface area contributed by atoms with Crippen molar-refractivity contribution < 1.29 is 13.2 Å². The topological polar surface area (TPSA) is 68.3 Å². The largest absolute Gasteiger partial charge is 0.496 e. The Morgan fingerprint density at radius 1 is 1.20 bits per heavy atom. The molecule has 5 nitrogen and oxygen atoms in total. The summed E-state index contributed by atoms with van der Waals surface area (Å²) < 4.78 is 27.9. The van der Waals surface area contributed by atoms with Crippen LogP contribution in [0.1, 0.15) is 5.56 Å². The summed E-state index contributed by atoms with van der Waals surface area (Å²) in [5.74, 6) is 0.806. The highest BCUT2D eigenvalue weighted by molar-refractivity contribution is 7.90. The number of para-hydroxylation sites is 1. The number of nitrogens with one attached hydrogen (secondary N) is 1. The van der Waals surface area contributed by atoms with Crippen LogP contribution in [-0.4, -0.2) is 26.8 Å². The Balaban J connectivity index is 2.08. The average molecular weight is 292 g/mol. The van der Waals surface area contributed by atoms with Gasteiger partial charge >= 0.3 is 0 Å². The van der Waals surface area contributed by atoms with E-state index in [1.165, 1.54) is 12.3 Å². The third kappa shape index (κ3) is 3.48. The van der Waals surface area contributed by atoms with E-state index in [0.717, 1.165) is 23.3 Å². The molecule has 0 bridgehead atoms. The fourth-order valence-corrected chi connectivity index (χ4v) is 2.31. The molecule has 20 heavy (non-hydrogen) atoms. The summed E-state index contributed by atoms with van der Waals surface area (Å²) in [6.07, 6.45) is 2.64. The molecule has 0 aliphatic heterocycles. The van der Waals surface area contributed by atoms with E-state index < -0.39 is 9.84 Å². The number of anilines is 1. The van der Waals surface area contributed by atoms with Crippen LogP contribution < -0.4 is 10.1 Å². The van der Waals surface area contributed by atoms with Crippen molar-refractivity contribution in [3.05, 3.63) is 48.2 Å². The molecule has 0 saturated heterocycles. The molecule has 1 aromatic heterocycles. The smallest absolute Gasteiger partial charge is 0.192 e. The Hall–Kier alpha value is -2.08. The molecule has 6 heteroatoms. The molecule has 0 amide bonds. The second-order valence-electron chi connectivity index (χ2n) is 4.32. The molecular weight excluding hydrogens is 276 g/mol. The Kier molecular flexibility index (Phi) is 4.24. The van der Waals surface area contributed by atoms with Gasteiger partial charge in [-0.05, 0) is 18.2 Å². The lowest BCUT2D eigenvalue weighted by molar-refractivity contribution is 0.410. The van der Waals surface area contributed by atoms with Crippen LogP contribution in [0.5, 0.6) is 5.75 Å². The zero-order valence-electron chi connectivity index (χ0n) is 11.3. The number of aromatic nitrogens is 1. The minimum atomic E-state index is -3.26. The van der Waals surface area contributed by atoms with Crippen LogP contribution in [0.2, 0.25) is 0 Å². The lowest BCUT2D eigenvalue weighted by Crippen LogP contribution is -2.04. The average Bonchev–Trinajstić information content (AvgIpc) is 2.45. The summed E-state index contributed by atoms with van der Waals surface area (Å²) in [4.78, 5) is 3.92. The van der Waals surface area contributed by atoms with Gasteiger partial charge in [-0.1, -0.05) is 18.2 Å². The van der Waals surface area contributed by atoms with E-state index >= 15 is 0 Å². The second-order valence-corrected chi connectivity index (χ2v) is 6.29. The number of hydrogen-bond donors (Lipinski definition) is 1. The van der Waals surface area contributed by atoms with Gasteiger partial charge in [0.2, 0.25) is 0 Å². The third-order valence-corrected chi connectivity index (χ3v) is 3.79. The number of methoxy groups -OCH3 is 1. The van der Waals surface area contributed by atoms with E-state index in [4.69, 9.17) is 4.74 Å². The van der Waals surface area contributed by atoms with Gasteiger partial charge in [-0.2, -0.15) is 0 Å². The normalized spacial score (nSPS) is 11.1. The van der Waals surface area contributed by atoms with Gasteiger partial charge in [0.05, 0.1) is 19.0 Å². The first kappa shape index (κ1) is 14.3. The number of pyridine rings is 1. The fraction of sp³-hybridized carbons (Fsp3) is 0.214. The Morgan fingerprint density at radius 3 is 2.55 bits per heavy atom. The van der Waals surface area contributed by atoms with Gasteiger partial charge in [0.1, 0.15) is 5.75 Å². The Bertz CT molecular complexity index is 682. The lowest BCUT2D eigenvalue weighted by Gasteiger charge is -2.10. The van der Waals surface area contributed by atoms with E-state index in [9.17, 15) is 8.42 Å². The Labute approximate surface area is 118 Å². The number of hydrogen-bond acceptors (Lipinski definition) is 5. The molecule has 1 heterocycles. The van der Waals surface area contributed by atoms with E-state index in [0.29, 0.717) is 6.54 Å². The van der Waals surface area contributed by atoms with Gasteiger partial charge in [-0.3, -0.25) is 0 Å².